The van der Waals surface area contributed by atoms with E-state index in [1.807, 2.05) is 0 Å². The van der Waals surface area contributed by atoms with E-state index in [0.29, 0.717) is 29.3 Å². The Kier molecular flexibility index (Phi) is 6.25. The van der Waals surface area contributed by atoms with Gasteiger partial charge in [-0.1, -0.05) is 0 Å². The molecule has 0 spiro atoms. The van der Waals surface area contributed by atoms with Crippen molar-refractivity contribution in [3.8, 4) is 5.75 Å². The number of methoxy groups -OCH3 is 1. The zero-order chi connectivity index (χ0) is 20.1. The smallest absolute Gasteiger partial charge is 0.225 e. The van der Waals surface area contributed by atoms with Gasteiger partial charge >= 0.3 is 0 Å². The fourth-order valence-electron chi connectivity index (χ4n) is 2.64. The first-order valence-electron chi connectivity index (χ1n) is 8.61. The molecular weight excluding hydrogens is 400 g/mol. The number of amides is 2. The Labute approximate surface area is 167 Å². The zero-order valence-corrected chi connectivity index (χ0v) is 16.9. The summed E-state index contributed by atoms with van der Waals surface area (Å²) >= 11 is 1.50. The molecule has 1 aliphatic rings. The molecular formula is C19H20N2O5S2. The highest BCUT2D eigenvalue weighted by molar-refractivity contribution is 7.99. The number of fused-ring (bicyclic) bond motifs is 1. The summed E-state index contributed by atoms with van der Waals surface area (Å²) in [7, 11) is -2.12. The van der Waals surface area contributed by atoms with Crippen LogP contribution >= 0.6 is 11.8 Å². The molecule has 0 fully saturated rings. The number of hydrogen-bond acceptors (Lipinski definition) is 6. The van der Waals surface area contributed by atoms with E-state index in [9.17, 15) is 18.0 Å². The third-order valence-corrected chi connectivity index (χ3v) is 6.93. The second-order valence-corrected chi connectivity index (χ2v) is 9.40. The first-order chi connectivity index (χ1) is 13.4. The number of sulfone groups is 1. The molecule has 9 heteroatoms. The molecule has 7 nitrogen and oxygen atoms in total. The molecule has 0 aromatic heterocycles. The highest BCUT2D eigenvalue weighted by Gasteiger charge is 2.20. The fraction of sp³-hybridized carbons (Fsp3) is 0.263. The van der Waals surface area contributed by atoms with E-state index in [0.717, 1.165) is 4.90 Å². The van der Waals surface area contributed by atoms with E-state index >= 15 is 0 Å². The van der Waals surface area contributed by atoms with Crippen molar-refractivity contribution in [2.75, 3.05) is 29.2 Å². The van der Waals surface area contributed by atoms with E-state index in [-0.39, 0.29) is 23.0 Å². The molecule has 2 amide bonds. The first kappa shape index (κ1) is 20.2. The third kappa shape index (κ3) is 5.05. The molecule has 3 rings (SSSR count). The van der Waals surface area contributed by atoms with Gasteiger partial charge in [0.2, 0.25) is 11.8 Å². The van der Waals surface area contributed by atoms with Gasteiger partial charge in [0.25, 0.3) is 0 Å². The van der Waals surface area contributed by atoms with Gasteiger partial charge < -0.3 is 15.4 Å². The minimum absolute atomic E-state index is 0.0892. The number of rotatable bonds is 6. The Morgan fingerprint density at radius 3 is 2.68 bits per heavy atom. The number of anilines is 2. The second-order valence-electron chi connectivity index (χ2n) is 6.15. The number of benzene rings is 2. The quantitative estimate of drug-likeness (QED) is 0.745. The van der Waals surface area contributed by atoms with Crippen molar-refractivity contribution in [1.29, 1.82) is 0 Å². The van der Waals surface area contributed by atoms with E-state index in [1.54, 1.807) is 37.4 Å². The molecule has 2 N–H and O–H groups in total. The third-order valence-electron chi connectivity index (χ3n) is 4.14. The molecule has 1 aliphatic heterocycles. The predicted octanol–water partition coefficient (Wildman–Crippen LogP) is 2.93. The van der Waals surface area contributed by atoms with Gasteiger partial charge in [0, 0.05) is 29.2 Å². The largest absolute Gasteiger partial charge is 0.497 e. The van der Waals surface area contributed by atoms with Gasteiger partial charge in [-0.05, 0) is 42.5 Å². The van der Waals surface area contributed by atoms with Crippen LogP contribution in [0.5, 0.6) is 5.75 Å². The summed E-state index contributed by atoms with van der Waals surface area (Å²) in [6.45, 7) is 0. The van der Waals surface area contributed by atoms with Gasteiger partial charge in [-0.3, -0.25) is 9.59 Å². The lowest BCUT2D eigenvalue weighted by molar-refractivity contribution is -0.116. The average molecular weight is 421 g/mol. The number of carbonyl (C=O) groups is 2. The van der Waals surface area contributed by atoms with Crippen molar-refractivity contribution >= 4 is 44.8 Å². The first-order valence-corrected chi connectivity index (χ1v) is 11.2. The Hall–Kier alpha value is -2.52. The number of hydrogen-bond donors (Lipinski definition) is 2. The Morgan fingerprint density at radius 2 is 1.96 bits per heavy atom. The molecule has 0 bridgehead atoms. The summed E-state index contributed by atoms with van der Waals surface area (Å²) in [6, 6.07) is 11.4. The lowest BCUT2D eigenvalue weighted by Gasteiger charge is -2.10. The molecule has 0 radical (unpaired) electrons. The van der Waals surface area contributed by atoms with Crippen LogP contribution in [-0.2, 0) is 19.4 Å². The summed E-state index contributed by atoms with van der Waals surface area (Å²) in [5.74, 6) is 0.451. The van der Waals surface area contributed by atoms with Crippen molar-refractivity contribution in [1.82, 2.24) is 0 Å². The summed E-state index contributed by atoms with van der Waals surface area (Å²) in [6.07, 6.45) is 0.208. The van der Waals surface area contributed by atoms with Gasteiger partial charge in [-0.2, -0.15) is 0 Å². The Balaban J connectivity index is 1.64. The maximum absolute atomic E-state index is 12.6. The molecule has 0 saturated heterocycles. The maximum atomic E-state index is 12.6. The van der Waals surface area contributed by atoms with Crippen LogP contribution in [0.3, 0.4) is 0 Å². The molecule has 2 aromatic carbocycles. The van der Waals surface area contributed by atoms with Crippen LogP contribution in [0, 0.1) is 0 Å². The maximum Gasteiger partial charge on any atom is 0.225 e. The molecule has 0 atom stereocenters. The van der Waals surface area contributed by atoms with Crippen molar-refractivity contribution in [2.24, 2.45) is 0 Å². The normalized spacial score (nSPS) is 13.8. The Morgan fingerprint density at radius 1 is 1.21 bits per heavy atom. The van der Waals surface area contributed by atoms with Crippen LogP contribution in [-0.4, -0.2) is 38.8 Å². The summed E-state index contributed by atoms with van der Waals surface area (Å²) in [5, 5.41) is 5.39. The monoisotopic (exact) mass is 420 g/mol. The Bertz CT molecular complexity index is 988. The number of carbonyl (C=O) groups excluding carboxylic acids is 2. The van der Waals surface area contributed by atoms with Crippen LogP contribution in [0.25, 0.3) is 0 Å². The van der Waals surface area contributed by atoms with Gasteiger partial charge in [-0.25, -0.2) is 8.42 Å². The molecule has 148 valence electrons. The summed E-state index contributed by atoms with van der Waals surface area (Å²) < 4.78 is 30.3. The average Bonchev–Trinajstić information content (AvgIpc) is 2.87. The van der Waals surface area contributed by atoms with E-state index in [4.69, 9.17) is 4.74 Å². The summed E-state index contributed by atoms with van der Waals surface area (Å²) in [5.41, 5.74) is 1.06. The standard InChI is InChI=1S/C19H20N2O5S2/c1-26-14-4-2-13(3-5-14)20-19(23)9-11-28(24,25)15-6-7-17-16(12-15)21-18(22)8-10-27-17/h2-7,12H,8-11H2,1H3,(H,20,23)(H,21,22). The molecule has 28 heavy (non-hydrogen) atoms. The minimum Gasteiger partial charge on any atom is -0.497 e. The van der Waals surface area contributed by atoms with Gasteiger partial charge in [0.05, 0.1) is 23.4 Å². The molecule has 0 saturated carbocycles. The van der Waals surface area contributed by atoms with Crippen molar-refractivity contribution in [3.63, 3.8) is 0 Å². The lowest BCUT2D eigenvalue weighted by Crippen LogP contribution is -2.17. The number of ether oxygens (including phenoxy) is 1. The molecule has 1 heterocycles. The fourth-order valence-corrected chi connectivity index (χ4v) is 4.83. The number of thioether (sulfide) groups is 1. The van der Waals surface area contributed by atoms with Crippen LogP contribution in [0.15, 0.2) is 52.3 Å². The van der Waals surface area contributed by atoms with E-state index in [2.05, 4.69) is 10.6 Å². The van der Waals surface area contributed by atoms with Gasteiger partial charge in [0.15, 0.2) is 9.84 Å². The van der Waals surface area contributed by atoms with Crippen LogP contribution in [0.2, 0.25) is 0 Å². The van der Waals surface area contributed by atoms with E-state index in [1.165, 1.54) is 23.9 Å². The van der Waals surface area contributed by atoms with Crippen LogP contribution < -0.4 is 15.4 Å². The highest BCUT2D eigenvalue weighted by atomic mass is 32.2. The highest BCUT2D eigenvalue weighted by Crippen LogP contribution is 2.33. The topological polar surface area (TPSA) is 102 Å². The summed E-state index contributed by atoms with van der Waals surface area (Å²) in [4.78, 5) is 24.7. The number of nitrogens with one attached hydrogen (secondary N) is 2. The lowest BCUT2D eigenvalue weighted by atomic mass is 10.3. The van der Waals surface area contributed by atoms with Crippen molar-refractivity contribution in [2.45, 2.75) is 22.6 Å². The minimum atomic E-state index is -3.66. The van der Waals surface area contributed by atoms with Gasteiger partial charge in [-0.15, -0.1) is 11.8 Å². The zero-order valence-electron chi connectivity index (χ0n) is 15.2. The molecule has 0 aliphatic carbocycles. The van der Waals surface area contributed by atoms with Crippen molar-refractivity contribution < 1.29 is 22.7 Å². The SMILES string of the molecule is COc1ccc(NC(=O)CCS(=O)(=O)c2ccc3c(c2)NC(=O)CCS3)cc1. The van der Waals surface area contributed by atoms with Gasteiger partial charge in [0.1, 0.15) is 5.75 Å². The van der Waals surface area contributed by atoms with Crippen molar-refractivity contribution in [3.05, 3.63) is 42.5 Å². The van der Waals surface area contributed by atoms with E-state index < -0.39 is 15.7 Å². The molecule has 0 unspecified atom stereocenters. The second kappa shape index (κ2) is 8.66. The van der Waals surface area contributed by atoms with Crippen LogP contribution in [0.4, 0.5) is 11.4 Å². The van der Waals surface area contributed by atoms with Crippen LogP contribution in [0.1, 0.15) is 12.8 Å². The predicted molar refractivity (Wildman–Crippen MR) is 109 cm³/mol. The molecule has 2 aromatic rings.